The van der Waals surface area contributed by atoms with Crippen LogP contribution in [0.5, 0.6) is 0 Å². The fraction of sp³-hybridized carbons (Fsp3) is 0.526. The molecular weight excluding hydrogens is 334 g/mol. The molecule has 0 spiro atoms. The summed E-state index contributed by atoms with van der Waals surface area (Å²) in [5, 5.41) is 15.0. The Kier molecular flexibility index (Phi) is 5.75. The zero-order valence-corrected chi connectivity index (χ0v) is 14.7. The Morgan fingerprint density at radius 2 is 1.62 bits per heavy atom. The molecule has 7 nitrogen and oxygen atoms in total. The Balaban J connectivity index is 1.42. The number of carboxylic acids is 1. The van der Waals surface area contributed by atoms with Gasteiger partial charge in [0.05, 0.1) is 5.92 Å². The summed E-state index contributed by atoms with van der Waals surface area (Å²) in [5.74, 6) is -1.44. The molecule has 2 atom stereocenters. The Morgan fingerprint density at radius 3 is 2.23 bits per heavy atom. The largest absolute Gasteiger partial charge is 0.481 e. The highest BCUT2D eigenvalue weighted by Gasteiger charge is 2.35. The van der Waals surface area contributed by atoms with Gasteiger partial charge in [-0.05, 0) is 44.2 Å². The summed E-state index contributed by atoms with van der Waals surface area (Å²) in [4.78, 5) is 37.4. The van der Waals surface area contributed by atoms with Crippen molar-refractivity contribution in [3.63, 3.8) is 0 Å². The van der Waals surface area contributed by atoms with E-state index in [-0.39, 0.29) is 23.9 Å². The molecule has 140 valence electrons. The van der Waals surface area contributed by atoms with Gasteiger partial charge in [0.2, 0.25) is 5.91 Å². The second-order valence-electron chi connectivity index (χ2n) is 7.11. The van der Waals surface area contributed by atoms with E-state index in [4.69, 9.17) is 5.11 Å². The molecule has 0 unspecified atom stereocenters. The summed E-state index contributed by atoms with van der Waals surface area (Å²) in [7, 11) is 0. The predicted octanol–water partition coefficient (Wildman–Crippen LogP) is 2.30. The summed E-state index contributed by atoms with van der Waals surface area (Å²) >= 11 is 0. The molecule has 1 saturated heterocycles. The van der Waals surface area contributed by atoms with Crippen molar-refractivity contribution in [2.24, 2.45) is 11.8 Å². The molecule has 3 amide bonds. The van der Waals surface area contributed by atoms with Gasteiger partial charge in [-0.25, -0.2) is 4.79 Å². The molecule has 1 aliphatic carbocycles. The van der Waals surface area contributed by atoms with Crippen molar-refractivity contribution in [3.05, 3.63) is 30.3 Å². The SMILES string of the molecule is O=C(O)[C@H]1CC[C@@H](C(=O)NC2CCN(C(=O)Nc3ccccc3)CC2)C1. The molecule has 0 bridgehead atoms. The molecule has 26 heavy (non-hydrogen) atoms. The van der Waals surface area contributed by atoms with Crippen LogP contribution >= 0.6 is 0 Å². The van der Waals surface area contributed by atoms with Gasteiger partial charge in [-0.15, -0.1) is 0 Å². The number of nitrogens with zero attached hydrogens (tertiary/aromatic N) is 1. The number of rotatable bonds is 4. The third-order valence-corrected chi connectivity index (χ3v) is 5.31. The minimum atomic E-state index is -0.807. The van der Waals surface area contributed by atoms with Crippen LogP contribution in [0.4, 0.5) is 10.5 Å². The average Bonchev–Trinajstić information content (AvgIpc) is 3.14. The van der Waals surface area contributed by atoms with Crippen LogP contribution in [-0.4, -0.2) is 47.0 Å². The van der Waals surface area contributed by atoms with Crippen LogP contribution in [0.1, 0.15) is 32.1 Å². The predicted molar refractivity (Wildman–Crippen MR) is 96.7 cm³/mol. The number of hydrogen-bond donors (Lipinski definition) is 3. The Bertz CT molecular complexity index is 656. The summed E-state index contributed by atoms with van der Waals surface area (Å²) in [6, 6.07) is 9.25. The number of hydrogen-bond acceptors (Lipinski definition) is 3. The average molecular weight is 359 g/mol. The minimum absolute atomic E-state index is 0.0408. The van der Waals surface area contributed by atoms with Gasteiger partial charge in [-0.3, -0.25) is 9.59 Å². The number of para-hydroxylation sites is 1. The maximum Gasteiger partial charge on any atom is 0.321 e. The van der Waals surface area contributed by atoms with E-state index in [0.29, 0.717) is 45.2 Å². The number of carbonyl (C=O) groups excluding carboxylic acids is 2. The first-order valence-electron chi connectivity index (χ1n) is 9.17. The molecule has 1 aromatic rings. The van der Waals surface area contributed by atoms with E-state index in [1.165, 1.54) is 0 Å². The second kappa shape index (κ2) is 8.21. The molecule has 2 fully saturated rings. The number of carbonyl (C=O) groups is 3. The van der Waals surface area contributed by atoms with Gasteiger partial charge in [0, 0.05) is 30.7 Å². The maximum atomic E-state index is 12.3. The van der Waals surface area contributed by atoms with Gasteiger partial charge >= 0.3 is 12.0 Å². The topological polar surface area (TPSA) is 98.7 Å². The van der Waals surface area contributed by atoms with Crippen LogP contribution in [0.2, 0.25) is 0 Å². The van der Waals surface area contributed by atoms with E-state index in [1.807, 2.05) is 30.3 Å². The quantitative estimate of drug-likeness (QED) is 0.768. The normalized spacial score (nSPS) is 23.5. The highest BCUT2D eigenvalue weighted by atomic mass is 16.4. The highest BCUT2D eigenvalue weighted by Crippen LogP contribution is 2.31. The van der Waals surface area contributed by atoms with E-state index >= 15 is 0 Å². The number of likely N-dealkylation sites (tertiary alicyclic amines) is 1. The lowest BCUT2D eigenvalue weighted by Gasteiger charge is -2.33. The van der Waals surface area contributed by atoms with Crippen molar-refractivity contribution < 1.29 is 19.5 Å². The molecular formula is C19H25N3O4. The van der Waals surface area contributed by atoms with Gasteiger partial charge < -0.3 is 20.6 Å². The molecule has 3 N–H and O–H groups in total. The number of benzene rings is 1. The number of nitrogens with one attached hydrogen (secondary N) is 2. The summed E-state index contributed by atoms with van der Waals surface area (Å²) < 4.78 is 0. The van der Waals surface area contributed by atoms with Crippen molar-refractivity contribution in [2.75, 3.05) is 18.4 Å². The number of carboxylic acid groups (broad SMARTS) is 1. The third kappa shape index (κ3) is 4.53. The second-order valence-corrected chi connectivity index (χ2v) is 7.11. The Morgan fingerprint density at radius 1 is 0.962 bits per heavy atom. The van der Waals surface area contributed by atoms with Gasteiger partial charge in [0.15, 0.2) is 0 Å². The maximum absolute atomic E-state index is 12.3. The Labute approximate surface area is 152 Å². The van der Waals surface area contributed by atoms with Crippen LogP contribution in [0.25, 0.3) is 0 Å². The monoisotopic (exact) mass is 359 g/mol. The summed E-state index contributed by atoms with van der Waals surface area (Å²) in [6.45, 7) is 1.18. The standard InChI is InChI=1S/C19H25N3O4/c23-17(13-6-7-14(12-13)18(24)25)20-16-8-10-22(11-9-16)19(26)21-15-4-2-1-3-5-15/h1-5,13-14,16H,6-12H2,(H,20,23)(H,21,26)(H,24,25)/t13-,14+/m1/s1. The molecule has 7 heteroatoms. The van der Waals surface area contributed by atoms with Crippen LogP contribution < -0.4 is 10.6 Å². The van der Waals surface area contributed by atoms with Crippen molar-refractivity contribution in [3.8, 4) is 0 Å². The van der Waals surface area contributed by atoms with Crippen LogP contribution in [0, 0.1) is 11.8 Å². The lowest BCUT2D eigenvalue weighted by molar-refractivity contribution is -0.141. The molecule has 1 heterocycles. The molecule has 3 rings (SSSR count). The van der Waals surface area contributed by atoms with Crippen LogP contribution in [0.3, 0.4) is 0 Å². The number of aliphatic carboxylic acids is 1. The molecule has 1 saturated carbocycles. The number of piperidine rings is 1. The van der Waals surface area contributed by atoms with Crippen LogP contribution in [0.15, 0.2) is 30.3 Å². The molecule has 0 aromatic heterocycles. The van der Waals surface area contributed by atoms with Crippen molar-refractivity contribution in [1.82, 2.24) is 10.2 Å². The van der Waals surface area contributed by atoms with Crippen molar-refractivity contribution in [1.29, 1.82) is 0 Å². The third-order valence-electron chi connectivity index (χ3n) is 5.31. The molecule has 0 radical (unpaired) electrons. The number of urea groups is 1. The van der Waals surface area contributed by atoms with Gasteiger partial charge in [0.1, 0.15) is 0 Å². The first kappa shape index (κ1) is 18.2. The van der Waals surface area contributed by atoms with Crippen molar-refractivity contribution >= 4 is 23.6 Å². The van der Waals surface area contributed by atoms with E-state index in [9.17, 15) is 14.4 Å². The lowest BCUT2D eigenvalue weighted by Crippen LogP contribution is -2.48. The smallest absolute Gasteiger partial charge is 0.321 e. The first-order chi connectivity index (χ1) is 12.5. The van der Waals surface area contributed by atoms with Crippen molar-refractivity contribution in [2.45, 2.75) is 38.1 Å². The zero-order chi connectivity index (χ0) is 18.5. The highest BCUT2D eigenvalue weighted by molar-refractivity contribution is 5.89. The van der Waals surface area contributed by atoms with Gasteiger partial charge in [-0.1, -0.05) is 18.2 Å². The fourth-order valence-electron chi connectivity index (χ4n) is 3.71. The van der Waals surface area contributed by atoms with Gasteiger partial charge in [0.25, 0.3) is 0 Å². The molecule has 1 aliphatic heterocycles. The first-order valence-corrected chi connectivity index (χ1v) is 9.17. The minimum Gasteiger partial charge on any atom is -0.481 e. The van der Waals surface area contributed by atoms with E-state index in [2.05, 4.69) is 10.6 Å². The Hall–Kier alpha value is -2.57. The van der Waals surface area contributed by atoms with E-state index in [0.717, 1.165) is 5.69 Å². The number of amides is 3. The molecule has 2 aliphatic rings. The summed E-state index contributed by atoms with van der Waals surface area (Å²) in [6.07, 6.45) is 3.07. The summed E-state index contributed by atoms with van der Waals surface area (Å²) in [5.41, 5.74) is 0.766. The fourth-order valence-corrected chi connectivity index (χ4v) is 3.71. The van der Waals surface area contributed by atoms with Gasteiger partial charge in [-0.2, -0.15) is 0 Å². The zero-order valence-electron chi connectivity index (χ0n) is 14.7. The molecule has 1 aromatic carbocycles. The van der Waals surface area contributed by atoms with E-state index in [1.54, 1.807) is 4.90 Å². The van der Waals surface area contributed by atoms with Crippen LogP contribution in [-0.2, 0) is 9.59 Å². The number of anilines is 1. The van der Waals surface area contributed by atoms with E-state index < -0.39 is 11.9 Å². The lowest BCUT2D eigenvalue weighted by atomic mass is 10.0.